The number of ether oxygens (including phenoxy) is 2. The highest BCUT2D eigenvalue weighted by molar-refractivity contribution is 6.60. The molecular formula is C26H43BO4. The van der Waals surface area contributed by atoms with E-state index in [9.17, 15) is 10.0 Å². The highest BCUT2D eigenvalue weighted by Gasteiger charge is 2.22. The number of unbranched alkanes of at least 4 members (excludes halogenated alkanes) is 12. The zero-order valence-electron chi connectivity index (χ0n) is 19.4. The molecule has 1 aromatic rings. The maximum absolute atomic E-state index is 9.85. The van der Waals surface area contributed by atoms with Gasteiger partial charge in [-0.2, -0.15) is 0 Å². The van der Waals surface area contributed by atoms with Crippen molar-refractivity contribution < 1.29 is 19.5 Å². The third-order valence-corrected chi connectivity index (χ3v) is 5.40. The maximum atomic E-state index is 9.85. The topological polar surface area (TPSA) is 58.9 Å². The van der Waals surface area contributed by atoms with E-state index in [1.54, 1.807) is 12.1 Å². The number of hydrogen-bond acceptors (Lipinski definition) is 4. The Labute approximate surface area is 190 Å². The van der Waals surface area contributed by atoms with Crippen LogP contribution in [-0.2, 0) is 0 Å². The van der Waals surface area contributed by atoms with Crippen molar-refractivity contribution in [2.24, 2.45) is 0 Å². The van der Waals surface area contributed by atoms with E-state index in [1.165, 1.54) is 51.4 Å². The Morgan fingerprint density at radius 3 is 1.42 bits per heavy atom. The Morgan fingerprint density at radius 1 is 0.645 bits per heavy atom. The van der Waals surface area contributed by atoms with Crippen LogP contribution >= 0.6 is 0 Å². The van der Waals surface area contributed by atoms with Gasteiger partial charge in [-0.15, -0.1) is 13.2 Å². The van der Waals surface area contributed by atoms with E-state index in [1.807, 2.05) is 18.2 Å². The molecule has 0 amide bonds. The molecule has 0 radical (unpaired) electrons. The van der Waals surface area contributed by atoms with Gasteiger partial charge in [-0.05, 0) is 50.7 Å². The Kier molecular flexibility index (Phi) is 16.7. The molecule has 1 rings (SSSR count). The summed E-state index contributed by atoms with van der Waals surface area (Å²) in [5.74, 6) is 1.00. The molecule has 5 heteroatoms. The lowest BCUT2D eigenvalue weighted by molar-refractivity contribution is 0.291. The summed E-state index contributed by atoms with van der Waals surface area (Å²) in [5, 5.41) is 19.7. The molecule has 0 saturated carbocycles. The van der Waals surface area contributed by atoms with Crippen molar-refractivity contribution in [3.05, 3.63) is 43.5 Å². The molecule has 0 fully saturated rings. The van der Waals surface area contributed by atoms with Crippen LogP contribution in [0.3, 0.4) is 0 Å². The molecule has 2 N–H and O–H groups in total. The largest absolute Gasteiger partial charge is 0.496 e. The predicted molar refractivity (Wildman–Crippen MR) is 132 cm³/mol. The predicted octanol–water partition coefficient (Wildman–Crippen LogP) is 5.96. The average Bonchev–Trinajstić information content (AvgIpc) is 2.76. The van der Waals surface area contributed by atoms with Gasteiger partial charge in [0.05, 0.1) is 18.7 Å². The minimum absolute atomic E-state index is 0.330. The molecule has 0 bridgehead atoms. The van der Waals surface area contributed by atoms with Crippen molar-refractivity contribution in [2.75, 3.05) is 13.2 Å². The fourth-order valence-corrected chi connectivity index (χ4v) is 3.59. The smallest absolute Gasteiger partial charge is 0.494 e. The lowest BCUT2D eigenvalue weighted by Crippen LogP contribution is -2.33. The molecule has 31 heavy (non-hydrogen) atoms. The quantitative estimate of drug-likeness (QED) is 0.144. The fraction of sp³-hybridized carbons (Fsp3) is 0.615. The monoisotopic (exact) mass is 430 g/mol. The van der Waals surface area contributed by atoms with Crippen molar-refractivity contribution in [2.45, 2.75) is 89.9 Å². The van der Waals surface area contributed by atoms with Crippen LogP contribution in [0.25, 0.3) is 0 Å². The third-order valence-electron chi connectivity index (χ3n) is 5.40. The Bertz CT molecular complexity index is 545. The zero-order chi connectivity index (χ0) is 22.6. The van der Waals surface area contributed by atoms with Crippen LogP contribution in [0.15, 0.2) is 43.5 Å². The summed E-state index contributed by atoms with van der Waals surface area (Å²) in [7, 11) is -1.61. The Morgan fingerprint density at radius 2 is 1.03 bits per heavy atom. The lowest BCUT2D eigenvalue weighted by atomic mass is 9.78. The van der Waals surface area contributed by atoms with Crippen molar-refractivity contribution in [3.63, 3.8) is 0 Å². The molecule has 4 nitrogen and oxygen atoms in total. The summed E-state index contributed by atoms with van der Waals surface area (Å²) >= 11 is 0. The lowest BCUT2D eigenvalue weighted by Gasteiger charge is -2.16. The third kappa shape index (κ3) is 13.3. The van der Waals surface area contributed by atoms with Gasteiger partial charge in [0.25, 0.3) is 0 Å². The molecular weight excluding hydrogens is 387 g/mol. The molecule has 0 saturated heterocycles. The summed E-state index contributed by atoms with van der Waals surface area (Å²) in [4.78, 5) is 0. The van der Waals surface area contributed by atoms with E-state index in [-0.39, 0.29) is 0 Å². The molecule has 0 aliphatic carbocycles. The Hall–Kier alpha value is -1.72. The number of allylic oxidation sites excluding steroid dienone is 2. The van der Waals surface area contributed by atoms with E-state index in [0.717, 1.165) is 38.5 Å². The van der Waals surface area contributed by atoms with Crippen LogP contribution < -0.4 is 14.9 Å². The molecule has 174 valence electrons. The number of benzene rings is 1. The summed E-state index contributed by atoms with van der Waals surface area (Å²) in [6, 6.07) is 5.40. The first kappa shape index (κ1) is 27.3. The van der Waals surface area contributed by atoms with Crippen molar-refractivity contribution in [1.29, 1.82) is 0 Å². The van der Waals surface area contributed by atoms with Gasteiger partial charge in [-0.3, -0.25) is 0 Å². The van der Waals surface area contributed by atoms with E-state index in [4.69, 9.17) is 9.47 Å². The maximum Gasteiger partial charge on any atom is 0.496 e. The van der Waals surface area contributed by atoms with Gasteiger partial charge in [-0.25, -0.2) is 0 Å². The summed E-state index contributed by atoms with van der Waals surface area (Å²) in [5.41, 5.74) is 0.330. The normalized spacial score (nSPS) is 10.6. The number of hydrogen-bond donors (Lipinski definition) is 2. The second-order valence-corrected chi connectivity index (χ2v) is 8.14. The molecule has 0 aliphatic heterocycles. The first-order valence-corrected chi connectivity index (χ1v) is 12.2. The van der Waals surface area contributed by atoms with Gasteiger partial charge in [0.15, 0.2) is 0 Å². The van der Waals surface area contributed by atoms with Crippen LogP contribution in [0.2, 0.25) is 0 Å². The molecule has 0 spiro atoms. The summed E-state index contributed by atoms with van der Waals surface area (Å²) < 4.78 is 11.7. The van der Waals surface area contributed by atoms with Gasteiger partial charge in [-0.1, -0.05) is 69.6 Å². The number of rotatable bonds is 21. The second-order valence-electron chi connectivity index (χ2n) is 8.14. The molecule has 0 heterocycles. The SMILES string of the molecule is C=CCCCCCCCCOc1cccc(OCCCCCCCCC=C)c1B(O)O. The van der Waals surface area contributed by atoms with Crippen LogP contribution in [0.4, 0.5) is 0 Å². The zero-order valence-corrected chi connectivity index (χ0v) is 19.4. The van der Waals surface area contributed by atoms with E-state index < -0.39 is 7.12 Å². The van der Waals surface area contributed by atoms with E-state index >= 15 is 0 Å². The van der Waals surface area contributed by atoms with Crippen LogP contribution in [0.1, 0.15) is 89.9 Å². The second kappa shape index (κ2) is 19.0. The van der Waals surface area contributed by atoms with E-state index in [2.05, 4.69) is 13.2 Å². The van der Waals surface area contributed by atoms with Gasteiger partial charge in [0.1, 0.15) is 11.5 Å². The van der Waals surface area contributed by atoms with E-state index in [0.29, 0.717) is 30.2 Å². The van der Waals surface area contributed by atoms with Crippen molar-refractivity contribution >= 4 is 12.6 Å². The summed E-state index contributed by atoms with van der Waals surface area (Å²) in [6.45, 7) is 8.64. The molecule has 0 aliphatic rings. The average molecular weight is 430 g/mol. The first-order chi connectivity index (χ1) is 15.2. The molecule has 0 atom stereocenters. The first-order valence-electron chi connectivity index (χ1n) is 12.2. The summed E-state index contributed by atoms with van der Waals surface area (Å²) in [6.07, 6.45) is 20.2. The van der Waals surface area contributed by atoms with Gasteiger partial charge < -0.3 is 19.5 Å². The minimum Gasteiger partial charge on any atom is -0.494 e. The van der Waals surface area contributed by atoms with Gasteiger partial charge in [0, 0.05) is 0 Å². The van der Waals surface area contributed by atoms with Crippen molar-refractivity contribution in [3.8, 4) is 11.5 Å². The molecule has 1 aromatic carbocycles. The van der Waals surface area contributed by atoms with Crippen LogP contribution in [0.5, 0.6) is 11.5 Å². The molecule has 0 aromatic heterocycles. The highest BCUT2D eigenvalue weighted by Crippen LogP contribution is 2.19. The van der Waals surface area contributed by atoms with Crippen LogP contribution in [0, 0.1) is 0 Å². The minimum atomic E-state index is -1.61. The van der Waals surface area contributed by atoms with Gasteiger partial charge in [0.2, 0.25) is 0 Å². The highest BCUT2D eigenvalue weighted by atomic mass is 16.5. The molecule has 0 unspecified atom stereocenters. The van der Waals surface area contributed by atoms with Gasteiger partial charge >= 0.3 is 7.12 Å². The van der Waals surface area contributed by atoms with Crippen molar-refractivity contribution in [1.82, 2.24) is 0 Å². The standard InChI is InChI=1S/C26H43BO4/c1-3-5-7-9-11-13-15-17-22-30-24-20-19-21-25(26(24)27(28)29)31-23-18-16-14-12-10-8-6-4-2/h3-4,19-21,28-29H,1-2,5-18,22-23H2. The Balaban J connectivity index is 2.30. The fourth-order valence-electron chi connectivity index (χ4n) is 3.59. The van der Waals surface area contributed by atoms with Crippen LogP contribution in [-0.4, -0.2) is 30.4 Å².